The van der Waals surface area contributed by atoms with Crippen molar-refractivity contribution in [1.82, 2.24) is 10.2 Å². The quantitative estimate of drug-likeness (QED) is 0.757. The van der Waals surface area contributed by atoms with Gasteiger partial charge < -0.3 is 10.2 Å². The first kappa shape index (κ1) is 10.1. The zero-order chi connectivity index (χ0) is 11.1. The third kappa shape index (κ3) is 1.93. The van der Waals surface area contributed by atoms with Crippen molar-refractivity contribution in [3.8, 4) is 0 Å². The van der Waals surface area contributed by atoms with Gasteiger partial charge in [-0.1, -0.05) is 0 Å². The van der Waals surface area contributed by atoms with Gasteiger partial charge in [0.1, 0.15) is 0 Å². The van der Waals surface area contributed by atoms with Crippen molar-refractivity contribution in [2.24, 2.45) is 11.8 Å². The van der Waals surface area contributed by atoms with Gasteiger partial charge in [-0.05, 0) is 37.5 Å². The lowest BCUT2D eigenvalue weighted by molar-refractivity contribution is -0.133. The van der Waals surface area contributed by atoms with Crippen LogP contribution in [0.2, 0.25) is 0 Å². The molecule has 4 nitrogen and oxygen atoms in total. The molecule has 0 radical (unpaired) electrons. The topological polar surface area (TPSA) is 49.4 Å². The highest BCUT2D eigenvalue weighted by Gasteiger charge is 2.46. The molecule has 0 aromatic carbocycles. The number of carbonyl (C=O) groups excluding carboxylic acids is 2. The van der Waals surface area contributed by atoms with Crippen LogP contribution in [0.1, 0.15) is 32.1 Å². The van der Waals surface area contributed by atoms with Crippen molar-refractivity contribution in [3.05, 3.63) is 0 Å². The minimum absolute atomic E-state index is 0.0150. The molecule has 2 saturated carbocycles. The fraction of sp³-hybridized carbons (Fsp3) is 0.833. The average molecular weight is 222 g/mol. The number of nitrogens with zero attached hydrogens (tertiary/aromatic N) is 1. The molecule has 0 aromatic rings. The monoisotopic (exact) mass is 222 g/mol. The molecule has 1 N–H and O–H groups in total. The zero-order valence-corrected chi connectivity index (χ0v) is 9.45. The number of rotatable bonds is 3. The van der Waals surface area contributed by atoms with Crippen LogP contribution in [-0.2, 0) is 9.59 Å². The molecule has 0 spiro atoms. The summed E-state index contributed by atoms with van der Waals surface area (Å²) in [5, 5.41) is 2.67. The maximum atomic E-state index is 12.0. The molecule has 1 heterocycles. The molecule has 2 amide bonds. The Morgan fingerprint density at radius 1 is 1.12 bits per heavy atom. The second kappa shape index (κ2) is 3.75. The predicted octanol–water partition coefficient (Wildman–Crippen LogP) is 0.523. The lowest BCUT2D eigenvalue weighted by Crippen LogP contribution is -2.45. The maximum absolute atomic E-state index is 12.0. The largest absolute Gasteiger partial charge is 0.347 e. The molecule has 1 aliphatic heterocycles. The smallest absolute Gasteiger partial charge is 0.242 e. The standard InChI is InChI=1S/C12H18N2O2/c15-10-5-6-14(11(16)7-13-10)12(8-1-2-8)9-3-4-9/h8-9,12H,1-7H2,(H,13,15). The number of carbonyl (C=O) groups is 2. The summed E-state index contributed by atoms with van der Waals surface area (Å²) < 4.78 is 0. The van der Waals surface area contributed by atoms with Crippen molar-refractivity contribution in [1.29, 1.82) is 0 Å². The molecule has 16 heavy (non-hydrogen) atoms. The summed E-state index contributed by atoms with van der Waals surface area (Å²) >= 11 is 0. The van der Waals surface area contributed by atoms with E-state index >= 15 is 0 Å². The number of amides is 2. The van der Waals surface area contributed by atoms with Crippen LogP contribution in [0.25, 0.3) is 0 Å². The molecule has 3 rings (SSSR count). The molecule has 1 saturated heterocycles. The molecule has 0 unspecified atom stereocenters. The summed E-state index contributed by atoms with van der Waals surface area (Å²) in [7, 11) is 0. The van der Waals surface area contributed by atoms with Gasteiger partial charge in [0.15, 0.2) is 0 Å². The van der Waals surface area contributed by atoms with Crippen LogP contribution in [0.4, 0.5) is 0 Å². The Kier molecular flexibility index (Phi) is 2.37. The summed E-state index contributed by atoms with van der Waals surface area (Å²) in [4.78, 5) is 25.2. The fourth-order valence-corrected chi connectivity index (χ4v) is 2.80. The van der Waals surface area contributed by atoms with Crippen molar-refractivity contribution < 1.29 is 9.59 Å². The van der Waals surface area contributed by atoms with E-state index in [4.69, 9.17) is 0 Å². The predicted molar refractivity (Wildman–Crippen MR) is 58.6 cm³/mol. The lowest BCUT2D eigenvalue weighted by Gasteiger charge is -2.30. The third-order valence-corrected chi connectivity index (χ3v) is 3.91. The zero-order valence-electron chi connectivity index (χ0n) is 9.45. The first-order valence-corrected chi connectivity index (χ1v) is 6.32. The minimum atomic E-state index is 0.0150. The van der Waals surface area contributed by atoms with Crippen LogP contribution >= 0.6 is 0 Å². The van der Waals surface area contributed by atoms with Gasteiger partial charge >= 0.3 is 0 Å². The van der Waals surface area contributed by atoms with Gasteiger partial charge in [-0.15, -0.1) is 0 Å². The van der Waals surface area contributed by atoms with E-state index in [0.29, 0.717) is 19.0 Å². The summed E-state index contributed by atoms with van der Waals surface area (Å²) in [6.45, 7) is 0.830. The van der Waals surface area contributed by atoms with Gasteiger partial charge in [-0.2, -0.15) is 0 Å². The summed E-state index contributed by atoms with van der Waals surface area (Å²) in [5.41, 5.74) is 0. The van der Waals surface area contributed by atoms with Gasteiger partial charge in [-0.25, -0.2) is 0 Å². The van der Waals surface area contributed by atoms with E-state index in [0.717, 1.165) is 11.8 Å². The summed E-state index contributed by atoms with van der Waals surface area (Å²) in [5.74, 6) is 1.59. The average Bonchev–Trinajstić information content (AvgIpc) is 3.11. The molecule has 4 heteroatoms. The molecule has 2 aliphatic carbocycles. The first-order chi connectivity index (χ1) is 7.75. The van der Waals surface area contributed by atoms with Crippen LogP contribution < -0.4 is 5.32 Å². The maximum Gasteiger partial charge on any atom is 0.242 e. The first-order valence-electron chi connectivity index (χ1n) is 6.32. The Morgan fingerprint density at radius 2 is 1.75 bits per heavy atom. The van der Waals surface area contributed by atoms with Crippen molar-refractivity contribution >= 4 is 11.8 Å². The molecular formula is C12H18N2O2. The van der Waals surface area contributed by atoms with Gasteiger partial charge in [0, 0.05) is 19.0 Å². The normalized spacial score (nSPS) is 26.9. The van der Waals surface area contributed by atoms with Gasteiger partial charge in [0.2, 0.25) is 11.8 Å². The Labute approximate surface area is 95.4 Å². The molecule has 0 bridgehead atoms. The van der Waals surface area contributed by atoms with E-state index < -0.39 is 0 Å². The SMILES string of the molecule is O=C1CCN(C(C2CC2)C2CC2)C(=O)CN1. The number of hydrogen-bond acceptors (Lipinski definition) is 2. The second-order valence-electron chi connectivity index (χ2n) is 5.28. The third-order valence-electron chi connectivity index (χ3n) is 3.91. The van der Waals surface area contributed by atoms with E-state index in [1.807, 2.05) is 4.90 Å². The van der Waals surface area contributed by atoms with E-state index in [9.17, 15) is 9.59 Å². The highest BCUT2D eigenvalue weighted by molar-refractivity contribution is 5.87. The van der Waals surface area contributed by atoms with Crippen LogP contribution in [-0.4, -0.2) is 35.8 Å². The Bertz CT molecular complexity index is 309. The van der Waals surface area contributed by atoms with Gasteiger partial charge in [-0.3, -0.25) is 9.59 Å². The molecule has 0 atom stereocenters. The molecule has 3 aliphatic rings. The Morgan fingerprint density at radius 3 is 2.31 bits per heavy atom. The lowest BCUT2D eigenvalue weighted by atomic mass is 10.0. The summed E-state index contributed by atoms with van der Waals surface area (Å²) in [6, 6.07) is 0.445. The van der Waals surface area contributed by atoms with Crippen LogP contribution in [0.15, 0.2) is 0 Å². The molecular weight excluding hydrogens is 204 g/mol. The van der Waals surface area contributed by atoms with Gasteiger partial charge in [0.25, 0.3) is 0 Å². The second-order valence-corrected chi connectivity index (χ2v) is 5.28. The highest BCUT2D eigenvalue weighted by Crippen LogP contribution is 2.47. The number of hydrogen-bond donors (Lipinski definition) is 1. The Balaban J connectivity index is 1.74. The van der Waals surface area contributed by atoms with Gasteiger partial charge in [0.05, 0.1) is 6.54 Å². The van der Waals surface area contributed by atoms with Crippen LogP contribution in [0.3, 0.4) is 0 Å². The highest BCUT2D eigenvalue weighted by atomic mass is 16.2. The molecule has 3 fully saturated rings. The van der Waals surface area contributed by atoms with E-state index in [1.165, 1.54) is 25.7 Å². The Hall–Kier alpha value is -1.06. The number of nitrogens with one attached hydrogen (secondary N) is 1. The minimum Gasteiger partial charge on any atom is -0.347 e. The van der Waals surface area contributed by atoms with Crippen LogP contribution in [0.5, 0.6) is 0 Å². The summed E-state index contributed by atoms with van der Waals surface area (Å²) in [6.07, 6.45) is 5.55. The molecule has 0 aromatic heterocycles. The van der Waals surface area contributed by atoms with Crippen molar-refractivity contribution in [2.45, 2.75) is 38.1 Å². The van der Waals surface area contributed by atoms with Crippen molar-refractivity contribution in [3.63, 3.8) is 0 Å². The van der Waals surface area contributed by atoms with Crippen molar-refractivity contribution in [2.75, 3.05) is 13.1 Å². The van der Waals surface area contributed by atoms with E-state index in [1.54, 1.807) is 0 Å². The van der Waals surface area contributed by atoms with Crippen LogP contribution in [0, 0.1) is 11.8 Å². The van der Waals surface area contributed by atoms with E-state index in [2.05, 4.69) is 5.32 Å². The molecule has 88 valence electrons. The van der Waals surface area contributed by atoms with E-state index in [-0.39, 0.29) is 18.4 Å². The fourth-order valence-electron chi connectivity index (χ4n) is 2.80.